The van der Waals surface area contributed by atoms with Crippen LogP contribution in [0.3, 0.4) is 0 Å². The minimum absolute atomic E-state index is 0.183. The van der Waals surface area contributed by atoms with Crippen LogP contribution >= 0.6 is 0 Å². The largest absolute Gasteiger partial charge is 0.353 e. The van der Waals surface area contributed by atoms with E-state index in [1.807, 2.05) is 60.4 Å². The summed E-state index contributed by atoms with van der Waals surface area (Å²) in [6, 6.07) is 15.7. The fourth-order valence-electron chi connectivity index (χ4n) is 3.41. The molecule has 1 aliphatic rings. The zero-order chi connectivity index (χ0) is 19.3. The van der Waals surface area contributed by atoms with E-state index in [9.17, 15) is 4.79 Å². The second kappa shape index (κ2) is 8.17. The summed E-state index contributed by atoms with van der Waals surface area (Å²) in [6.45, 7) is 4.94. The van der Waals surface area contributed by atoms with Crippen LogP contribution in [0.1, 0.15) is 11.3 Å². The van der Waals surface area contributed by atoms with Crippen molar-refractivity contribution in [1.29, 1.82) is 0 Å². The van der Waals surface area contributed by atoms with E-state index in [1.165, 1.54) is 0 Å². The van der Waals surface area contributed by atoms with Crippen LogP contribution in [0, 0.1) is 6.92 Å². The lowest BCUT2D eigenvalue weighted by atomic mass is 10.1. The number of pyridine rings is 1. The number of aryl methyl sites for hydroxylation is 1. The molecule has 0 atom stereocenters. The minimum Gasteiger partial charge on any atom is -0.353 e. The molecule has 0 unspecified atom stereocenters. The Morgan fingerprint density at radius 3 is 2.39 bits per heavy atom. The van der Waals surface area contributed by atoms with Crippen molar-refractivity contribution >= 4 is 11.7 Å². The van der Waals surface area contributed by atoms with Crippen molar-refractivity contribution in [2.24, 2.45) is 0 Å². The molecule has 0 spiro atoms. The van der Waals surface area contributed by atoms with Crippen molar-refractivity contribution in [3.63, 3.8) is 0 Å². The van der Waals surface area contributed by atoms with Crippen molar-refractivity contribution in [2.45, 2.75) is 13.3 Å². The molecule has 3 heterocycles. The number of carbonyl (C=O) groups excluding carboxylic acids is 1. The molecular weight excluding hydrogens is 350 g/mol. The van der Waals surface area contributed by atoms with E-state index in [4.69, 9.17) is 4.98 Å². The van der Waals surface area contributed by atoms with Crippen molar-refractivity contribution in [1.82, 2.24) is 19.9 Å². The quantitative estimate of drug-likeness (QED) is 0.704. The van der Waals surface area contributed by atoms with E-state index in [0.717, 1.165) is 35.7 Å². The van der Waals surface area contributed by atoms with Gasteiger partial charge in [-0.25, -0.2) is 9.97 Å². The van der Waals surface area contributed by atoms with Gasteiger partial charge in [-0.1, -0.05) is 30.3 Å². The molecule has 1 saturated heterocycles. The van der Waals surface area contributed by atoms with Gasteiger partial charge in [0.05, 0.1) is 6.42 Å². The van der Waals surface area contributed by atoms with Gasteiger partial charge >= 0.3 is 0 Å². The predicted octanol–water partition coefficient (Wildman–Crippen LogP) is 2.74. The van der Waals surface area contributed by atoms with Crippen LogP contribution in [0.15, 0.2) is 60.9 Å². The van der Waals surface area contributed by atoms with Gasteiger partial charge in [-0.2, -0.15) is 0 Å². The highest BCUT2D eigenvalue weighted by molar-refractivity contribution is 5.79. The Labute approximate surface area is 164 Å². The zero-order valence-corrected chi connectivity index (χ0v) is 16.0. The lowest BCUT2D eigenvalue weighted by Gasteiger charge is -2.35. The third-order valence-electron chi connectivity index (χ3n) is 4.93. The van der Waals surface area contributed by atoms with Gasteiger partial charge in [-0.3, -0.25) is 9.78 Å². The molecule has 1 aliphatic heterocycles. The summed E-state index contributed by atoms with van der Waals surface area (Å²) in [5, 5.41) is 0. The molecule has 6 nitrogen and oxygen atoms in total. The first kappa shape index (κ1) is 18.1. The molecule has 0 aliphatic carbocycles. The summed E-state index contributed by atoms with van der Waals surface area (Å²) < 4.78 is 0. The number of hydrogen-bond acceptors (Lipinski definition) is 5. The number of amides is 1. The SMILES string of the molecule is Cc1cc(N2CCN(C(=O)Cc3ccccc3)CC2)nc(-c2ccncc2)n1. The molecule has 0 saturated carbocycles. The number of anilines is 1. The Morgan fingerprint density at radius 1 is 0.964 bits per heavy atom. The van der Waals surface area contributed by atoms with Crippen LogP contribution in [0.25, 0.3) is 11.4 Å². The molecule has 0 radical (unpaired) electrons. The lowest BCUT2D eigenvalue weighted by Crippen LogP contribution is -2.49. The zero-order valence-electron chi connectivity index (χ0n) is 16.0. The topological polar surface area (TPSA) is 62.2 Å². The van der Waals surface area contributed by atoms with Crippen LogP contribution in [0.5, 0.6) is 0 Å². The normalized spacial score (nSPS) is 14.2. The van der Waals surface area contributed by atoms with Gasteiger partial charge in [0.15, 0.2) is 5.82 Å². The second-order valence-electron chi connectivity index (χ2n) is 6.96. The number of rotatable bonds is 4. The molecule has 1 aromatic carbocycles. The van der Waals surface area contributed by atoms with Gasteiger partial charge in [0.1, 0.15) is 5.82 Å². The van der Waals surface area contributed by atoms with Gasteiger partial charge in [0.25, 0.3) is 0 Å². The van der Waals surface area contributed by atoms with Gasteiger partial charge in [-0.05, 0) is 24.6 Å². The van der Waals surface area contributed by atoms with Gasteiger partial charge in [0.2, 0.25) is 5.91 Å². The number of piperazine rings is 1. The summed E-state index contributed by atoms with van der Waals surface area (Å²) in [5.74, 6) is 1.80. The maximum absolute atomic E-state index is 12.6. The molecule has 0 N–H and O–H groups in total. The fraction of sp³-hybridized carbons (Fsp3) is 0.273. The Balaban J connectivity index is 1.42. The molecule has 3 aromatic rings. The molecule has 2 aromatic heterocycles. The molecule has 4 rings (SSSR count). The fourth-order valence-corrected chi connectivity index (χ4v) is 3.41. The first-order valence-corrected chi connectivity index (χ1v) is 9.52. The Morgan fingerprint density at radius 2 is 1.68 bits per heavy atom. The molecular formula is C22H23N5O. The molecule has 142 valence electrons. The average Bonchev–Trinajstić information content (AvgIpc) is 2.75. The summed E-state index contributed by atoms with van der Waals surface area (Å²) in [5.41, 5.74) is 2.94. The molecule has 1 amide bonds. The third-order valence-corrected chi connectivity index (χ3v) is 4.93. The van der Waals surface area contributed by atoms with Crippen LogP contribution in [-0.2, 0) is 11.2 Å². The van der Waals surface area contributed by atoms with E-state index in [2.05, 4.69) is 14.9 Å². The smallest absolute Gasteiger partial charge is 0.227 e. The van der Waals surface area contributed by atoms with E-state index < -0.39 is 0 Å². The van der Waals surface area contributed by atoms with Gasteiger partial charge < -0.3 is 9.80 Å². The number of nitrogens with zero attached hydrogens (tertiary/aromatic N) is 5. The molecule has 6 heteroatoms. The Bertz CT molecular complexity index is 938. The first-order valence-electron chi connectivity index (χ1n) is 9.52. The van der Waals surface area contributed by atoms with Crippen LogP contribution < -0.4 is 4.90 Å². The summed E-state index contributed by atoms with van der Waals surface area (Å²) in [4.78, 5) is 30.1. The highest BCUT2D eigenvalue weighted by Gasteiger charge is 2.22. The summed E-state index contributed by atoms with van der Waals surface area (Å²) >= 11 is 0. The minimum atomic E-state index is 0.183. The van der Waals surface area contributed by atoms with Crippen LogP contribution in [0.2, 0.25) is 0 Å². The standard InChI is InChI=1S/C22H23N5O/c1-17-15-20(25-22(24-17)19-7-9-23-10-8-19)26-11-13-27(14-12-26)21(28)16-18-5-3-2-4-6-18/h2-10,15H,11-14,16H2,1H3. The maximum Gasteiger partial charge on any atom is 0.227 e. The molecule has 28 heavy (non-hydrogen) atoms. The average molecular weight is 373 g/mol. The van der Waals surface area contributed by atoms with Crippen LogP contribution in [-0.4, -0.2) is 51.9 Å². The summed E-state index contributed by atoms with van der Waals surface area (Å²) in [7, 11) is 0. The second-order valence-corrected chi connectivity index (χ2v) is 6.96. The number of carbonyl (C=O) groups is 1. The molecule has 1 fully saturated rings. The van der Waals surface area contributed by atoms with Gasteiger partial charge in [-0.15, -0.1) is 0 Å². The van der Waals surface area contributed by atoms with E-state index in [-0.39, 0.29) is 5.91 Å². The number of hydrogen-bond donors (Lipinski definition) is 0. The summed E-state index contributed by atoms with van der Waals surface area (Å²) in [6.07, 6.45) is 3.95. The van der Waals surface area contributed by atoms with E-state index in [1.54, 1.807) is 12.4 Å². The van der Waals surface area contributed by atoms with Crippen molar-refractivity contribution in [3.8, 4) is 11.4 Å². The highest BCUT2D eigenvalue weighted by Crippen LogP contribution is 2.21. The highest BCUT2D eigenvalue weighted by atomic mass is 16.2. The van der Waals surface area contributed by atoms with E-state index >= 15 is 0 Å². The maximum atomic E-state index is 12.6. The van der Waals surface area contributed by atoms with Crippen LogP contribution in [0.4, 0.5) is 5.82 Å². The monoisotopic (exact) mass is 373 g/mol. The Hall–Kier alpha value is -3.28. The van der Waals surface area contributed by atoms with Crippen molar-refractivity contribution < 1.29 is 4.79 Å². The molecule has 0 bridgehead atoms. The third kappa shape index (κ3) is 4.17. The predicted molar refractivity (Wildman–Crippen MR) is 109 cm³/mol. The lowest BCUT2D eigenvalue weighted by molar-refractivity contribution is -0.130. The first-order chi connectivity index (χ1) is 13.7. The van der Waals surface area contributed by atoms with Crippen molar-refractivity contribution in [2.75, 3.05) is 31.1 Å². The van der Waals surface area contributed by atoms with Crippen molar-refractivity contribution in [3.05, 3.63) is 72.2 Å². The van der Waals surface area contributed by atoms with Gasteiger partial charge in [0, 0.05) is 55.9 Å². The number of benzene rings is 1. The van der Waals surface area contributed by atoms with E-state index in [0.29, 0.717) is 25.3 Å². The Kier molecular flexibility index (Phi) is 5.28. The number of aromatic nitrogens is 3.